The molecule has 30 heavy (non-hydrogen) atoms. The van der Waals surface area contributed by atoms with Crippen molar-refractivity contribution in [1.29, 1.82) is 0 Å². The van der Waals surface area contributed by atoms with Crippen molar-refractivity contribution in [3.8, 4) is 5.75 Å². The first-order valence-electron chi connectivity index (χ1n) is 8.71. The number of nitrogens with one attached hydrogen (secondary N) is 1. The predicted octanol–water partition coefficient (Wildman–Crippen LogP) is 4.92. The van der Waals surface area contributed by atoms with Crippen molar-refractivity contribution in [2.24, 2.45) is 10.9 Å². The third-order valence-corrected chi connectivity index (χ3v) is 4.69. The second-order valence-corrected chi connectivity index (χ2v) is 6.48. The first-order valence-corrected chi connectivity index (χ1v) is 8.71. The van der Waals surface area contributed by atoms with Gasteiger partial charge in [0.25, 0.3) is 0 Å². The average Bonchev–Trinajstić information content (AvgIpc) is 2.90. The van der Waals surface area contributed by atoms with E-state index in [2.05, 4.69) is 15.0 Å². The molecular weight excluding hydrogens is 411 g/mol. The Hall–Kier alpha value is -3.17. The van der Waals surface area contributed by atoms with E-state index in [4.69, 9.17) is 4.74 Å². The fourth-order valence-corrected chi connectivity index (χ4v) is 3.17. The molecule has 10 heteroatoms. The van der Waals surface area contributed by atoms with Crippen LogP contribution in [-0.4, -0.2) is 38.0 Å². The summed E-state index contributed by atoms with van der Waals surface area (Å²) in [5, 5.41) is 2.88. The van der Waals surface area contributed by atoms with Gasteiger partial charge in [-0.05, 0) is 29.8 Å². The Bertz CT molecular complexity index is 958. The van der Waals surface area contributed by atoms with Crippen LogP contribution in [0.5, 0.6) is 5.75 Å². The number of esters is 1. The van der Waals surface area contributed by atoms with Gasteiger partial charge in [-0.3, -0.25) is 4.79 Å². The number of hydrogen-bond acceptors (Lipinski definition) is 5. The van der Waals surface area contributed by atoms with Crippen LogP contribution in [0.1, 0.15) is 11.6 Å². The van der Waals surface area contributed by atoms with Crippen LogP contribution in [0.25, 0.3) is 0 Å². The monoisotopic (exact) mass is 428 g/mol. The largest absolute Gasteiger partial charge is 0.497 e. The minimum atomic E-state index is -5.96. The van der Waals surface area contributed by atoms with Gasteiger partial charge in [-0.1, -0.05) is 24.3 Å². The Labute approximate surface area is 168 Å². The number of ether oxygens (including phenoxy) is 2. The first kappa shape index (κ1) is 21.5. The van der Waals surface area contributed by atoms with Gasteiger partial charge < -0.3 is 14.8 Å². The van der Waals surface area contributed by atoms with Crippen LogP contribution < -0.4 is 10.1 Å². The van der Waals surface area contributed by atoms with Crippen LogP contribution in [0, 0.1) is 5.92 Å². The molecule has 2 aromatic carbocycles. The second-order valence-electron chi connectivity index (χ2n) is 6.48. The lowest BCUT2D eigenvalue weighted by Crippen LogP contribution is -2.51. The van der Waals surface area contributed by atoms with Gasteiger partial charge in [-0.25, -0.2) is 4.99 Å². The molecule has 0 radical (unpaired) electrons. The molecule has 0 unspecified atom stereocenters. The smallest absolute Gasteiger partial charge is 0.459 e. The van der Waals surface area contributed by atoms with Gasteiger partial charge in [0.2, 0.25) is 0 Å². The molecule has 3 rings (SSSR count). The van der Waals surface area contributed by atoms with E-state index in [0.717, 1.165) is 7.11 Å². The Morgan fingerprint density at radius 1 is 1.00 bits per heavy atom. The Morgan fingerprint density at radius 2 is 1.63 bits per heavy atom. The summed E-state index contributed by atoms with van der Waals surface area (Å²) in [6.07, 6.45) is -5.96. The van der Waals surface area contributed by atoms with E-state index in [1.807, 2.05) is 0 Å². The third kappa shape index (κ3) is 3.81. The molecule has 0 aliphatic carbocycles. The number of anilines is 1. The molecular formula is C20H17F5N2O3. The number of nitrogens with zero attached hydrogens (tertiary/aromatic N) is 1. The number of benzene rings is 2. The molecule has 0 amide bonds. The molecule has 1 heterocycles. The van der Waals surface area contributed by atoms with Crippen molar-refractivity contribution >= 4 is 23.1 Å². The lowest BCUT2D eigenvalue weighted by Gasteiger charge is -2.30. The quantitative estimate of drug-likeness (QED) is 0.555. The number of carbonyl (C=O) groups is 1. The molecule has 0 fully saturated rings. The van der Waals surface area contributed by atoms with Gasteiger partial charge >= 0.3 is 18.1 Å². The van der Waals surface area contributed by atoms with Gasteiger partial charge in [-0.15, -0.1) is 0 Å². The summed E-state index contributed by atoms with van der Waals surface area (Å²) in [7, 11) is 2.33. The summed E-state index contributed by atoms with van der Waals surface area (Å²) in [4.78, 5) is 16.1. The van der Waals surface area contributed by atoms with Crippen LogP contribution in [-0.2, 0) is 9.53 Å². The molecule has 0 saturated heterocycles. The van der Waals surface area contributed by atoms with E-state index in [1.54, 1.807) is 6.07 Å². The molecule has 1 aliphatic heterocycles. The van der Waals surface area contributed by atoms with Crippen molar-refractivity contribution in [3.63, 3.8) is 0 Å². The van der Waals surface area contributed by atoms with Crippen molar-refractivity contribution in [3.05, 3.63) is 54.1 Å². The number of methoxy groups -OCH3 is 2. The Balaban J connectivity index is 2.26. The summed E-state index contributed by atoms with van der Waals surface area (Å²) in [6, 6.07) is 10.4. The van der Waals surface area contributed by atoms with Crippen LogP contribution >= 0.6 is 0 Å². The highest BCUT2D eigenvalue weighted by molar-refractivity contribution is 6.09. The van der Waals surface area contributed by atoms with E-state index in [1.165, 1.54) is 49.6 Å². The second kappa shape index (κ2) is 7.92. The van der Waals surface area contributed by atoms with Crippen LogP contribution in [0.2, 0.25) is 0 Å². The van der Waals surface area contributed by atoms with Crippen LogP contribution in [0.15, 0.2) is 53.5 Å². The van der Waals surface area contributed by atoms with E-state index >= 15 is 0 Å². The number of alkyl halides is 5. The SMILES string of the molecule is COC(=O)[C@H]1C(C(F)(F)C(F)(F)F)=Nc2ccccc2N[C@H]1c1ccc(OC)cc1. The molecule has 2 atom stereocenters. The van der Waals surface area contributed by atoms with Gasteiger partial charge in [0.1, 0.15) is 17.4 Å². The van der Waals surface area contributed by atoms with Gasteiger partial charge in [-0.2, -0.15) is 22.0 Å². The van der Waals surface area contributed by atoms with Crippen molar-refractivity contribution in [2.45, 2.75) is 18.1 Å². The molecule has 1 aliphatic rings. The summed E-state index contributed by atoms with van der Waals surface area (Å²) in [5.41, 5.74) is -1.32. The molecule has 5 nitrogen and oxygen atoms in total. The number of halogens is 5. The number of rotatable bonds is 4. The predicted molar refractivity (Wildman–Crippen MR) is 99.4 cm³/mol. The first-order chi connectivity index (χ1) is 14.1. The van der Waals surface area contributed by atoms with Gasteiger partial charge in [0, 0.05) is 0 Å². The molecule has 1 N–H and O–H groups in total. The average molecular weight is 428 g/mol. The molecule has 0 saturated carbocycles. The number of fused-ring (bicyclic) bond motifs is 1. The Kier molecular flexibility index (Phi) is 5.69. The van der Waals surface area contributed by atoms with E-state index in [9.17, 15) is 26.7 Å². The summed E-state index contributed by atoms with van der Waals surface area (Å²) >= 11 is 0. The standard InChI is InChI=1S/C20H17F5N2O3/c1-29-12-9-7-11(8-10-12)16-15(18(28)30-2)17(19(21,22)20(23,24)25)27-14-6-4-3-5-13(14)26-16/h3-10,15-16,26H,1-2H3/t15-,16+/m1/s1. The maximum atomic E-state index is 14.5. The summed E-state index contributed by atoms with van der Waals surface area (Å²) in [6.45, 7) is 0. The zero-order chi connectivity index (χ0) is 22.1. The fourth-order valence-electron chi connectivity index (χ4n) is 3.17. The summed E-state index contributed by atoms with van der Waals surface area (Å²) < 4.78 is 78.5. The number of aliphatic imine (C=N–C) groups is 1. The van der Waals surface area contributed by atoms with Gasteiger partial charge in [0.05, 0.1) is 31.6 Å². The maximum absolute atomic E-state index is 14.5. The zero-order valence-electron chi connectivity index (χ0n) is 15.8. The van der Waals surface area contributed by atoms with Crippen molar-refractivity contribution < 1.29 is 36.2 Å². The van der Waals surface area contributed by atoms with Gasteiger partial charge in [0.15, 0.2) is 0 Å². The Morgan fingerprint density at radius 3 is 2.20 bits per heavy atom. The van der Waals surface area contributed by atoms with E-state index in [-0.39, 0.29) is 16.9 Å². The zero-order valence-corrected chi connectivity index (χ0v) is 15.8. The van der Waals surface area contributed by atoms with Crippen molar-refractivity contribution in [2.75, 3.05) is 19.5 Å². The lowest BCUT2D eigenvalue weighted by atomic mass is 9.86. The molecule has 0 aromatic heterocycles. The third-order valence-electron chi connectivity index (χ3n) is 4.69. The molecule has 2 aromatic rings. The van der Waals surface area contributed by atoms with Crippen molar-refractivity contribution in [1.82, 2.24) is 0 Å². The highest BCUT2D eigenvalue weighted by Gasteiger charge is 2.65. The fraction of sp³-hybridized carbons (Fsp3) is 0.300. The van der Waals surface area contributed by atoms with E-state index < -0.39 is 35.7 Å². The van der Waals surface area contributed by atoms with Crippen LogP contribution in [0.4, 0.5) is 33.3 Å². The highest BCUT2D eigenvalue weighted by Crippen LogP contribution is 2.46. The normalized spacial score (nSPS) is 19.1. The molecule has 0 spiro atoms. The van der Waals surface area contributed by atoms with E-state index in [0.29, 0.717) is 5.75 Å². The maximum Gasteiger partial charge on any atom is 0.459 e. The topological polar surface area (TPSA) is 59.9 Å². The number of para-hydroxylation sites is 2. The minimum absolute atomic E-state index is 0.152. The number of carbonyl (C=O) groups excluding carboxylic acids is 1. The van der Waals surface area contributed by atoms with Crippen LogP contribution in [0.3, 0.4) is 0 Å². The lowest BCUT2D eigenvalue weighted by molar-refractivity contribution is -0.250. The molecule has 160 valence electrons. The number of hydrogen-bond donors (Lipinski definition) is 1. The summed E-state index contributed by atoms with van der Waals surface area (Å²) in [5.74, 6) is -8.25. The molecule has 0 bridgehead atoms. The highest BCUT2D eigenvalue weighted by atomic mass is 19.4. The minimum Gasteiger partial charge on any atom is -0.497 e.